The third kappa shape index (κ3) is 3.09. The summed E-state index contributed by atoms with van der Waals surface area (Å²) in [5.41, 5.74) is 0.419. The number of phenols is 2. The Bertz CT molecular complexity index is 679. The largest absolute Gasteiger partial charge is 0.507 e. The molecule has 5 heteroatoms. The summed E-state index contributed by atoms with van der Waals surface area (Å²) in [6.07, 6.45) is 1.84. The van der Waals surface area contributed by atoms with Gasteiger partial charge in [0.25, 0.3) is 0 Å². The molecule has 1 atom stereocenters. The number of phenolic OH excluding ortho intramolecular Hbond substituents is 2. The second-order valence-corrected chi connectivity index (χ2v) is 5.18. The van der Waals surface area contributed by atoms with Gasteiger partial charge in [-0.2, -0.15) is 0 Å². The van der Waals surface area contributed by atoms with Crippen LogP contribution in [0.2, 0.25) is 0 Å². The van der Waals surface area contributed by atoms with E-state index in [0.29, 0.717) is 0 Å². The van der Waals surface area contributed by atoms with Crippen molar-refractivity contribution >= 4 is 11.6 Å². The van der Waals surface area contributed by atoms with Crippen LogP contribution < -0.4 is 0 Å². The Labute approximate surface area is 129 Å². The molecular weight excluding hydrogens is 284 g/mol. The maximum Gasteiger partial charge on any atom is 0.196 e. The van der Waals surface area contributed by atoms with Gasteiger partial charge in [-0.1, -0.05) is 19.1 Å². The molecule has 2 rings (SSSR count). The maximum absolute atomic E-state index is 12.3. The number of carbonyl (C=O) groups is 2. The molecule has 0 aromatic heterocycles. The summed E-state index contributed by atoms with van der Waals surface area (Å²) < 4.78 is 0. The van der Waals surface area contributed by atoms with Crippen molar-refractivity contribution in [2.24, 2.45) is 0 Å². The highest BCUT2D eigenvalue weighted by Crippen LogP contribution is 2.35. The first-order chi connectivity index (χ1) is 9.82. The van der Waals surface area contributed by atoms with E-state index < -0.39 is 17.7 Å². The molecule has 0 unspecified atom stereocenters. The number of fused-ring (bicyclic) bond motifs is 1. The molecule has 0 bridgehead atoms. The normalized spacial score (nSPS) is 14.6. The van der Waals surface area contributed by atoms with Crippen LogP contribution in [-0.4, -0.2) is 33.0 Å². The number of hydrogen-bond acceptors (Lipinski definition) is 5. The molecule has 22 heavy (non-hydrogen) atoms. The minimum absolute atomic E-state index is 0. The van der Waals surface area contributed by atoms with Crippen LogP contribution in [0.15, 0.2) is 35.4 Å². The summed E-state index contributed by atoms with van der Waals surface area (Å²) in [6.45, 7) is 3.71. The van der Waals surface area contributed by atoms with E-state index in [2.05, 4.69) is 0 Å². The highest BCUT2D eigenvalue weighted by atomic mass is 16.3. The summed E-state index contributed by atoms with van der Waals surface area (Å²) in [5.74, 6) is -2.01. The molecular formula is C17H20O5. The van der Waals surface area contributed by atoms with Crippen LogP contribution in [0.4, 0.5) is 0 Å². The molecule has 0 saturated carbocycles. The highest BCUT2D eigenvalue weighted by molar-refractivity contribution is 6.26. The fourth-order valence-electron chi connectivity index (χ4n) is 2.21. The van der Waals surface area contributed by atoms with E-state index >= 15 is 0 Å². The van der Waals surface area contributed by atoms with Crippen LogP contribution in [-0.2, 0) is 0 Å². The van der Waals surface area contributed by atoms with Crippen LogP contribution in [0.3, 0.4) is 0 Å². The van der Waals surface area contributed by atoms with Crippen molar-refractivity contribution in [3.05, 3.63) is 46.6 Å². The standard InChI is InChI=1S/C16H16O5.CH4/c1-8(2)3-4-10(17)9-7-13(20)14-11(18)5-6-12(19)15(14)16(9)21;/h3,5-7,10,17-19H,4H2,1-2H3;1H4/t10-;/m0./s1. The number of allylic oxidation sites excluding steroid dienone is 2. The molecule has 0 radical (unpaired) electrons. The zero-order valence-corrected chi connectivity index (χ0v) is 11.8. The van der Waals surface area contributed by atoms with Gasteiger partial charge >= 0.3 is 0 Å². The number of rotatable bonds is 3. The van der Waals surface area contributed by atoms with Gasteiger partial charge in [-0.05, 0) is 38.5 Å². The van der Waals surface area contributed by atoms with E-state index in [-0.39, 0.29) is 42.0 Å². The van der Waals surface area contributed by atoms with E-state index in [9.17, 15) is 24.9 Å². The van der Waals surface area contributed by atoms with Gasteiger partial charge in [-0.15, -0.1) is 0 Å². The number of aliphatic hydroxyl groups is 1. The van der Waals surface area contributed by atoms with Crippen molar-refractivity contribution in [2.45, 2.75) is 33.8 Å². The Balaban J connectivity index is 0.00000242. The number of ketones is 2. The summed E-state index contributed by atoms with van der Waals surface area (Å²) >= 11 is 0. The van der Waals surface area contributed by atoms with Gasteiger partial charge in [0.05, 0.1) is 17.2 Å². The Morgan fingerprint density at radius 3 is 2.23 bits per heavy atom. The molecule has 3 N–H and O–H groups in total. The van der Waals surface area contributed by atoms with Gasteiger partial charge in [0.2, 0.25) is 0 Å². The lowest BCUT2D eigenvalue weighted by Gasteiger charge is -2.20. The smallest absolute Gasteiger partial charge is 0.196 e. The average Bonchev–Trinajstić information content (AvgIpc) is 2.42. The van der Waals surface area contributed by atoms with Crippen LogP contribution in [0, 0.1) is 0 Å². The molecule has 0 fully saturated rings. The highest BCUT2D eigenvalue weighted by Gasteiger charge is 2.33. The zero-order chi connectivity index (χ0) is 15.7. The first-order valence-corrected chi connectivity index (χ1v) is 6.50. The first kappa shape index (κ1) is 17.7. The number of aliphatic hydroxyl groups excluding tert-OH is 1. The van der Waals surface area contributed by atoms with Gasteiger partial charge in [0.15, 0.2) is 11.6 Å². The van der Waals surface area contributed by atoms with E-state index in [4.69, 9.17) is 0 Å². The predicted molar refractivity (Wildman–Crippen MR) is 83.3 cm³/mol. The first-order valence-electron chi connectivity index (χ1n) is 6.50. The number of Topliss-reactive ketones (excluding diaryl/α,β-unsaturated/α-hetero) is 1. The summed E-state index contributed by atoms with van der Waals surface area (Å²) in [5, 5.41) is 29.5. The molecule has 1 aromatic rings. The average molecular weight is 304 g/mol. The minimum atomic E-state index is -1.13. The molecule has 0 saturated heterocycles. The Morgan fingerprint density at radius 1 is 1.14 bits per heavy atom. The van der Waals surface area contributed by atoms with Crippen molar-refractivity contribution in [1.82, 2.24) is 0 Å². The number of benzene rings is 1. The zero-order valence-electron chi connectivity index (χ0n) is 11.8. The van der Waals surface area contributed by atoms with Crippen molar-refractivity contribution in [2.75, 3.05) is 0 Å². The summed E-state index contributed by atoms with van der Waals surface area (Å²) in [4.78, 5) is 24.4. The third-order valence-corrected chi connectivity index (χ3v) is 3.29. The summed E-state index contributed by atoms with van der Waals surface area (Å²) in [6, 6.07) is 2.29. The molecule has 1 aliphatic carbocycles. The van der Waals surface area contributed by atoms with Gasteiger partial charge in [0.1, 0.15) is 11.5 Å². The quantitative estimate of drug-likeness (QED) is 0.589. The van der Waals surface area contributed by atoms with Crippen molar-refractivity contribution in [3.8, 4) is 11.5 Å². The van der Waals surface area contributed by atoms with Gasteiger partial charge in [-0.25, -0.2) is 0 Å². The SMILES string of the molecule is C.CC(C)=CC[C@H](O)C1=CC(=O)c2c(O)ccc(O)c2C1=O. The van der Waals surface area contributed by atoms with Gasteiger partial charge in [0, 0.05) is 5.57 Å². The Morgan fingerprint density at radius 2 is 1.68 bits per heavy atom. The molecule has 0 amide bonds. The monoisotopic (exact) mass is 304 g/mol. The third-order valence-electron chi connectivity index (χ3n) is 3.29. The molecule has 118 valence electrons. The van der Waals surface area contributed by atoms with Gasteiger partial charge < -0.3 is 15.3 Å². The molecule has 0 heterocycles. The van der Waals surface area contributed by atoms with Crippen molar-refractivity contribution < 1.29 is 24.9 Å². The maximum atomic E-state index is 12.3. The lowest BCUT2D eigenvalue weighted by molar-refractivity contribution is 0.0943. The molecule has 5 nitrogen and oxygen atoms in total. The van der Waals surface area contributed by atoms with E-state index in [0.717, 1.165) is 23.8 Å². The van der Waals surface area contributed by atoms with Crippen LogP contribution in [0.1, 0.15) is 48.4 Å². The minimum Gasteiger partial charge on any atom is -0.507 e. The number of hydrogen-bond donors (Lipinski definition) is 3. The van der Waals surface area contributed by atoms with Gasteiger partial charge in [-0.3, -0.25) is 9.59 Å². The fraction of sp³-hybridized carbons (Fsp3) is 0.294. The second kappa shape index (κ2) is 6.58. The van der Waals surface area contributed by atoms with Crippen molar-refractivity contribution in [1.29, 1.82) is 0 Å². The molecule has 0 spiro atoms. The van der Waals surface area contributed by atoms with Crippen LogP contribution >= 0.6 is 0 Å². The van der Waals surface area contributed by atoms with Crippen molar-refractivity contribution in [3.63, 3.8) is 0 Å². The fourth-order valence-corrected chi connectivity index (χ4v) is 2.21. The van der Waals surface area contributed by atoms with Crippen LogP contribution in [0.25, 0.3) is 0 Å². The lowest BCUT2D eigenvalue weighted by atomic mass is 9.85. The Kier molecular flexibility index (Phi) is 5.28. The molecule has 1 aromatic carbocycles. The predicted octanol–water partition coefficient (Wildman–Crippen LogP) is 2.76. The van der Waals surface area contributed by atoms with E-state index in [1.54, 1.807) is 6.08 Å². The second-order valence-electron chi connectivity index (χ2n) is 5.18. The topological polar surface area (TPSA) is 94.8 Å². The van der Waals surface area contributed by atoms with Crippen LogP contribution in [0.5, 0.6) is 11.5 Å². The Hall–Kier alpha value is -2.40. The molecule has 1 aliphatic rings. The number of carbonyl (C=O) groups excluding carboxylic acids is 2. The van der Waals surface area contributed by atoms with E-state index in [1.165, 1.54) is 0 Å². The number of aromatic hydroxyl groups is 2. The lowest BCUT2D eigenvalue weighted by Crippen LogP contribution is -2.25. The molecule has 0 aliphatic heterocycles. The summed E-state index contributed by atoms with van der Waals surface area (Å²) in [7, 11) is 0. The van der Waals surface area contributed by atoms with E-state index in [1.807, 2.05) is 13.8 Å².